The highest BCUT2D eigenvalue weighted by Gasteiger charge is 2.25. The Kier molecular flexibility index (Phi) is 4.67. The van der Waals surface area contributed by atoms with Gasteiger partial charge >= 0.3 is 0 Å². The number of nitrogens with zero attached hydrogens (tertiary/aromatic N) is 2. The maximum atomic E-state index is 13.2. The highest BCUT2D eigenvalue weighted by atomic mass is 19.1. The number of halogens is 1. The molecule has 5 nitrogen and oxygen atoms in total. The number of nitrogens with one attached hydrogen (secondary N) is 2. The van der Waals surface area contributed by atoms with Crippen LogP contribution in [0.5, 0.6) is 0 Å². The first-order chi connectivity index (χ1) is 14.7. The van der Waals surface area contributed by atoms with Gasteiger partial charge in [0, 0.05) is 48.1 Å². The normalized spacial score (nSPS) is 16.2. The van der Waals surface area contributed by atoms with Gasteiger partial charge in [0.05, 0.1) is 0 Å². The molecule has 0 spiro atoms. The minimum absolute atomic E-state index is 0.101. The Morgan fingerprint density at radius 2 is 1.80 bits per heavy atom. The van der Waals surface area contributed by atoms with Gasteiger partial charge in [0.15, 0.2) is 0 Å². The Labute approximate surface area is 173 Å². The molecular weight excluding hydrogens is 379 g/mol. The average molecular weight is 400 g/mol. The van der Waals surface area contributed by atoms with Crippen LogP contribution in [-0.2, 0) is 0 Å². The quantitative estimate of drug-likeness (QED) is 0.535. The second-order valence-corrected chi connectivity index (χ2v) is 7.60. The standard InChI is InChI=1S/C24H21FN4O/c25-19-5-3-16(4-6-19)17-1-2-18-14-23(28-22(18)13-17)24(30)27-20-9-12-29(15-20)21-7-10-26-11-8-21/h1-8,10-11,13-14,20,28H,9,12,15H2,(H,27,30)/t20-/m0/s1. The molecule has 5 rings (SSSR count). The number of aromatic nitrogens is 2. The van der Waals surface area contributed by atoms with Gasteiger partial charge in [-0.25, -0.2) is 4.39 Å². The first-order valence-corrected chi connectivity index (χ1v) is 10.0. The van der Waals surface area contributed by atoms with Crippen molar-refractivity contribution in [2.24, 2.45) is 0 Å². The maximum absolute atomic E-state index is 13.2. The van der Waals surface area contributed by atoms with E-state index >= 15 is 0 Å². The molecule has 2 N–H and O–H groups in total. The van der Waals surface area contributed by atoms with E-state index < -0.39 is 0 Å². The zero-order valence-corrected chi connectivity index (χ0v) is 16.3. The molecule has 1 saturated heterocycles. The van der Waals surface area contributed by atoms with Gasteiger partial charge in [-0.1, -0.05) is 24.3 Å². The van der Waals surface area contributed by atoms with E-state index in [4.69, 9.17) is 0 Å². The van der Waals surface area contributed by atoms with E-state index in [1.165, 1.54) is 12.1 Å². The Balaban J connectivity index is 1.30. The Bertz CT molecular complexity index is 1190. The molecule has 0 radical (unpaired) electrons. The van der Waals surface area contributed by atoms with Crippen LogP contribution in [0.2, 0.25) is 0 Å². The van der Waals surface area contributed by atoms with Gasteiger partial charge in [0.2, 0.25) is 0 Å². The number of hydrogen-bond donors (Lipinski definition) is 2. The molecule has 1 aliphatic heterocycles. The second kappa shape index (κ2) is 7.63. The average Bonchev–Trinajstić information content (AvgIpc) is 3.41. The molecule has 1 amide bonds. The molecule has 30 heavy (non-hydrogen) atoms. The molecule has 1 fully saturated rings. The number of rotatable bonds is 4. The first kappa shape index (κ1) is 18.4. The number of aromatic amines is 1. The summed E-state index contributed by atoms with van der Waals surface area (Å²) >= 11 is 0. The number of hydrogen-bond acceptors (Lipinski definition) is 3. The van der Waals surface area contributed by atoms with Crippen LogP contribution in [0, 0.1) is 5.82 Å². The van der Waals surface area contributed by atoms with Crippen molar-refractivity contribution in [2.75, 3.05) is 18.0 Å². The minimum atomic E-state index is -0.256. The number of anilines is 1. The Morgan fingerprint density at radius 3 is 2.60 bits per heavy atom. The van der Waals surface area contributed by atoms with Crippen LogP contribution in [0.3, 0.4) is 0 Å². The van der Waals surface area contributed by atoms with Crippen molar-refractivity contribution in [3.63, 3.8) is 0 Å². The highest BCUT2D eigenvalue weighted by molar-refractivity contribution is 5.99. The molecular formula is C24H21FN4O. The molecule has 2 aromatic heterocycles. The first-order valence-electron chi connectivity index (χ1n) is 10.0. The maximum Gasteiger partial charge on any atom is 0.268 e. The smallest absolute Gasteiger partial charge is 0.268 e. The summed E-state index contributed by atoms with van der Waals surface area (Å²) in [5.74, 6) is -0.357. The van der Waals surface area contributed by atoms with Crippen molar-refractivity contribution in [1.29, 1.82) is 0 Å². The molecule has 0 aliphatic carbocycles. The lowest BCUT2D eigenvalue weighted by atomic mass is 10.0. The van der Waals surface area contributed by atoms with E-state index in [-0.39, 0.29) is 17.8 Å². The lowest BCUT2D eigenvalue weighted by Gasteiger charge is -2.18. The molecule has 2 aromatic carbocycles. The van der Waals surface area contributed by atoms with Crippen molar-refractivity contribution < 1.29 is 9.18 Å². The van der Waals surface area contributed by atoms with Gasteiger partial charge in [-0.15, -0.1) is 0 Å². The van der Waals surface area contributed by atoms with Crippen molar-refractivity contribution in [3.05, 3.63) is 84.6 Å². The number of carbonyl (C=O) groups is 1. The summed E-state index contributed by atoms with van der Waals surface area (Å²) < 4.78 is 13.2. The summed E-state index contributed by atoms with van der Waals surface area (Å²) in [7, 11) is 0. The summed E-state index contributed by atoms with van der Waals surface area (Å²) in [4.78, 5) is 22.3. The second-order valence-electron chi connectivity index (χ2n) is 7.60. The molecule has 1 aliphatic rings. The summed E-state index contributed by atoms with van der Waals surface area (Å²) in [5.41, 5.74) is 4.46. The summed E-state index contributed by atoms with van der Waals surface area (Å²) in [5, 5.41) is 4.11. The molecule has 1 atom stereocenters. The fourth-order valence-electron chi connectivity index (χ4n) is 4.00. The molecule has 0 bridgehead atoms. The van der Waals surface area contributed by atoms with E-state index in [1.807, 2.05) is 36.4 Å². The van der Waals surface area contributed by atoms with E-state index in [0.717, 1.165) is 47.2 Å². The van der Waals surface area contributed by atoms with E-state index in [9.17, 15) is 9.18 Å². The fourth-order valence-corrected chi connectivity index (χ4v) is 4.00. The minimum Gasteiger partial charge on any atom is -0.369 e. The topological polar surface area (TPSA) is 61.0 Å². The Hall–Kier alpha value is -3.67. The summed E-state index contributed by atoms with van der Waals surface area (Å²) in [6.07, 6.45) is 4.47. The van der Waals surface area contributed by atoms with Gasteiger partial charge in [0.1, 0.15) is 11.5 Å². The van der Waals surface area contributed by atoms with Crippen LogP contribution in [0.4, 0.5) is 10.1 Å². The number of carbonyl (C=O) groups excluding carboxylic acids is 1. The fraction of sp³-hybridized carbons (Fsp3) is 0.167. The van der Waals surface area contributed by atoms with Crippen LogP contribution in [0.1, 0.15) is 16.9 Å². The third kappa shape index (κ3) is 3.64. The molecule has 0 saturated carbocycles. The molecule has 6 heteroatoms. The number of pyridine rings is 1. The zero-order valence-electron chi connectivity index (χ0n) is 16.3. The predicted octanol–water partition coefficient (Wildman–Crippen LogP) is 4.38. The van der Waals surface area contributed by atoms with E-state index in [2.05, 4.69) is 20.2 Å². The highest BCUT2D eigenvalue weighted by Crippen LogP contribution is 2.25. The van der Waals surface area contributed by atoms with Gasteiger partial charge in [-0.3, -0.25) is 9.78 Å². The van der Waals surface area contributed by atoms with Crippen LogP contribution >= 0.6 is 0 Å². The zero-order chi connectivity index (χ0) is 20.5. The van der Waals surface area contributed by atoms with Gasteiger partial charge in [-0.05, 0) is 53.9 Å². The monoisotopic (exact) mass is 400 g/mol. The summed E-state index contributed by atoms with van der Waals surface area (Å²) in [6, 6.07) is 18.3. The van der Waals surface area contributed by atoms with Crippen LogP contribution < -0.4 is 10.2 Å². The third-order valence-corrected chi connectivity index (χ3v) is 5.60. The molecule has 0 unspecified atom stereocenters. The Morgan fingerprint density at radius 1 is 1.03 bits per heavy atom. The van der Waals surface area contributed by atoms with Crippen LogP contribution in [-0.4, -0.2) is 35.0 Å². The molecule has 150 valence electrons. The lowest BCUT2D eigenvalue weighted by Crippen LogP contribution is -2.37. The lowest BCUT2D eigenvalue weighted by molar-refractivity contribution is 0.0936. The SMILES string of the molecule is O=C(N[C@H]1CCN(c2ccncc2)C1)c1cc2ccc(-c3ccc(F)cc3)cc2[nH]1. The van der Waals surface area contributed by atoms with Crippen LogP contribution in [0.25, 0.3) is 22.0 Å². The molecule has 3 heterocycles. The van der Waals surface area contributed by atoms with Crippen molar-refractivity contribution in [2.45, 2.75) is 12.5 Å². The van der Waals surface area contributed by atoms with E-state index in [0.29, 0.717) is 5.69 Å². The summed E-state index contributed by atoms with van der Waals surface area (Å²) in [6.45, 7) is 1.69. The van der Waals surface area contributed by atoms with E-state index in [1.54, 1.807) is 24.5 Å². The number of fused-ring (bicyclic) bond motifs is 1. The number of amides is 1. The van der Waals surface area contributed by atoms with Gasteiger partial charge < -0.3 is 15.2 Å². The van der Waals surface area contributed by atoms with Crippen LogP contribution in [0.15, 0.2) is 73.1 Å². The van der Waals surface area contributed by atoms with Gasteiger partial charge in [-0.2, -0.15) is 0 Å². The number of benzene rings is 2. The molecule has 4 aromatic rings. The third-order valence-electron chi connectivity index (χ3n) is 5.60. The predicted molar refractivity (Wildman–Crippen MR) is 116 cm³/mol. The number of H-pyrrole nitrogens is 1. The van der Waals surface area contributed by atoms with Crippen molar-refractivity contribution in [1.82, 2.24) is 15.3 Å². The largest absolute Gasteiger partial charge is 0.369 e. The van der Waals surface area contributed by atoms with Crippen molar-refractivity contribution >= 4 is 22.5 Å². The van der Waals surface area contributed by atoms with Gasteiger partial charge in [0.25, 0.3) is 5.91 Å². The van der Waals surface area contributed by atoms with Crippen molar-refractivity contribution in [3.8, 4) is 11.1 Å².